The Hall–Kier alpha value is -3.43. The number of aryl methyl sites for hydroxylation is 1. The Morgan fingerprint density at radius 3 is 2.40 bits per heavy atom. The van der Waals surface area contributed by atoms with Gasteiger partial charge in [-0.1, -0.05) is 6.07 Å². The molecule has 2 aromatic heterocycles. The van der Waals surface area contributed by atoms with E-state index in [4.69, 9.17) is 24.0 Å². The molecule has 4 rings (SSSR count). The summed E-state index contributed by atoms with van der Waals surface area (Å²) in [4.78, 5) is 40.0. The highest BCUT2D eigenvalue weighted by atomic mass is 31.2. The second-order valence-corrected chi connectivity index (χ2v) is 8.10. The van der Waals surface area contributed by atoms with Gasteiger partial charge >= 0.3 is 13.9 Å². The molecule has 1 aliphatic heterocycles. The van der Waals surface area contributed by atoms with E-state index < -0.39 is 38.4 Å². The second-order valence-electron chi connectivity index (χ2n) is 7.07. The first-order valence-electron chi connectivity index (χ1n) is 9.56. The first-order valence-corrected chi connectivity index (χ1v) is 11.1. The van der Waals surface area contributed by atoms with Crippen molar-refractivity contribution in [2.75, 3.05) is 11.4 Å². The Morgan fingerprint density at radius 1 is 1.20 bits per heavy atom. The number of rotatable bonds is 5. The van der Waals surface area contributed by atoms with Crippen LogP contribution in [-0.4, -0.2) is 76.2 Å². The summed E-state index contributed by atoms with van der Waals surface area (Å²) in [7, 11) is -3.02. The number of hydrogen-bond donors (Lipinski definition) is 4. The van der Waals surface area contributed by atoms with Crippen LogP contribution in [0.2, 0.25) is 0 Å². The Balaban J connectivity index is 0.000000623. The lowest BCUT2D eigenvalue weighted by Crippen LogP contribution is -2.36. The van der Waals surface area contributed by atoms with E-state index in [0.29, 0.717) is 17.1 Å². The van der Waals surface area contributed by atoms with E-state index in [1.807, 2.05) is 0 Å². The molecule has 17 heteroatoms. The lowest BCUT2D eigenvalue weighted by molar-refractivity contribution is -0.0641. The molecule has 13 nitrogen and oxygen atoms in total. The van der Waals surface area contributed by atoms with Crippen LogP contribution < -0.4 is 4.90 Å². The molecule has 0 saturated carbocycles. The van der Waals surface area contributed by atoms with Crippen molar-refractivity contribution in [1.29, 1.82) is 0 Å². The van der Waals surface area contributed by atoms with Crippen molar-refractivity contribution in [2.45, 2.75) is 18.6 Å². The zero-order chi connectivity index (χ0) is 25.9. The standard InChI is InChI=1S/C18H15F3N6O3.H3O4P/c1-26-24-17(23-25-26)13-5-2-9(7-22-13)11-4-3-10(6-12(11)19)27-8-14(30-18(27)29)15(28)16(20)21;1-5(2,3)4/h2-7,14-16,28H,8H2,1H3;(H3,1,2,3,4)/t14-,15?;/m1./s1. The maximum Gasteiger partial charge on any atom is 0.466 e. The number of benzene rings is 1. The Bertz CT molecular complexity index is 1230. The first kappa shape index (κ1) is 26.2. The molecule has 1 saturated heterocycles. The molecule has 0 spiro atoms. The molecule has 1 aromatic carbocycles. The molecule has 1 amide bonds. The smallest absolute Gasteiger partial charge is 0.441 e. The van der Waals surface area contributed by atoms with Crippen LogP contribution in [0.1, 0.15) is 0 Å². The van der Waals surface area contributed by atoms with Crippen LogP contribution in [0.25, 0.3) is 22.6 Å². The van der Waals surface area contributed by atoms with Crippen LogP contribution in [0.5, 0.6) is 0 Å². The van der Waals surface area contributed by atoms with Crippen molar-refractivity contribution < 1.29 is 47.1 Å². The highest BCUT2D eigenvalue weighted by Gasteiger charge is 2.40. The summed E-state index contributed by atoms with van der Waals surface area (Å²) in [5.41, 5.74) is 1.29. The van der Waals surface area contributed by atoms with E-state index in [0.717, 1.165) is 11.0 Å². The zero-order valence-electron chi connectivity index (χ0n) is 17.7. The lowest BCUT2D eigenvalue weighted by Gasteiger charge is -2.16. The minimum Gasteiger partial charge on any atom is -0.441 e. The lowest BCUT2D eigenvalue weighted by atomic mass is 10.1. The molecule has 35 heavy (non-hydrogen) atoms. The number of anilines is 1. The molecule has 3 aromatic rings. The molecule has 4 N–H and O–H groups in total. The van der Waals surface area contributed by atoms with Crippen molar-refractivity contribution in [2.24, 2.45) is 7.05 Å². The molecule has 0 bridgehead atoms. The number of aromatic nitrogens is 5. The predicted molar refractivity (Wildman–Crippen MR) is 111 cm³/mol. The van der Waals surface area contributed by atoms with Crippen LogP contribution in [0, 0.1) is 5.82 Å². The van der Waals surface area contributed by atoms with Gasteiger partial charge in [-0.25, -0.2) is 22.5 Å². The summed E-state index contributed by atoms with van der Waals surface area (Å²) in [6, 6.07) is 7.23. The van der Waals surface area contributed by atoms with Gasteiger partial charge in [0.2, 0.25) is 5.82 Å². The summed E-state index contributed by atoms with van der Waals surface area (Å²) in [5.74, 6) is -0.321. The number of alkyl halides is 2. The predicted octanol–water partition coefficient (Wildman–Crippen LogP) is 1.10. The van der Waals surface area contributed by atoms with E-state index in [-0.39, 0.29) is 17.8 Å². The van der Waals surface area contributed by atoms with E-state index >= 15 is 0 Å². The molecule has 1 aliphatic rings. The quantitative estimate of drug-likeness (QED) is 0.355. The summed E-state index contributed by atoms with van der Waals surface area (Å²) in [5, 5.41) is 21.0. The Kier molecular flexibility index (Phi) is 7.82. The third-order valence-corrected chi connectivity index (χ3v) is 4.55. The number of carbonyl (C=O) groups is 1. The largest absolute Gasteiger partial charge is 0.466 e. The number of amides is 1. The number of carbonyl (C=O) groups excluding carboxylic acids is 1. The first-order chi connectivity index (χ1) is 16.3. The number of cyclic esters (lactones) is 1. The normalized spacial score (nSPS) is 16.7. The number of tetrazole rings is 1. The monoisotopic (exact) mass is 518 g/mol. The number of nitrogens with zero attached hydrogens (tertiary/aromatic N) is 6. The minimum absolute atomic E-state index is 0.124. The van der Waals surface area contributed by atoms with Gasteiger partial charge in [0.1, 0.15) is 11.5 Å². The molecule has 2 atom stereocenters. The maximum atomic E-state index is 14.7. The van der Waals surface area contributed by atoms with Crippen molar-refractivity contribution in [3.05, 3.63) is 42.3 Å². The van der Waals surface area contributed by atoms with E-state index in [9.17, 15) is 23.1 Å². The third kappa shape index (κ3) is 6.80. The summed E-state index contributed by atoms with van der Waals surface area (Å²) >= 11 is 0. The van der Waals surface area contributed by atoms with Gasteiger partial charge in [-0.2, -0.15) is 4.80 Å². The number of ether oxygens (including phenoxy) is 1. The van der Waals surface area contributed by atoms with Gasteiger partial charge in [0.05, 0.1) is 19.3 Å². The van der Waals surface area contributed by atoms with Crippen LogP contribution in [0.3, 0.4) is 0 Å². The number of halogens is 3. The SMILES string of the molecule is Cn1nnc(-c2ccc(-c3ccc(N4C[C@H](C(O)C(F)F)OC4=O)cc3F)cn2)n1.O=P(O)(O)O. The van der Waals surface area contributed by atoms with Crippen molar-refractivity contribution >= 4 is 19.6 Å². The van der Waals surface area contributed by atoms with Gasteiger partial charge in [-0.05, 0) is 29.5 Å². The molecular formula is C18H18F3N6O7P. The molecule has 1 unspecified atom stereocenters. The second kappa shape index (κ2) is 10.5. The van der Waals surface area contributed by atoms with Crippen molar-refractivity contribution in [3.63, 3.8) is 0 Å². The minimum atomic E-state index is -4.64. The van der Waals surface area contributed by atoms with Crippen molar-refractivity contribution in [1.82, 2.24) is 25.2 Å². The third-order valence-electron chi connectivity index (χ3n) is 4.55. The fourth-order valence-electron chi connectivity index (χ4n) is 3.01. The molecule has 0 aliphatic carbocycles. The summed E-state index contributed by atoms with van der Waals surface area (Å²) in [6.45, 7) is -0.315. The van der Waals surface area contributed by atoms with E-state index in [1.165, 1.54) is 23.1 Å². The summed E-state index contributed by atoms with van der Waals surface area (Å²) < 4.78 is 53.6. The molecular weight excluding hydrogens is 500 g/mol. The Labute approximate surface area is 194 Å². The van der Waals surface area contributed by atoms with Gasteiger partial charge in [0, 0.05) is 17.3 Å². The highest BCUT2D eigenvalue weighted by Crippen LogP contribution is 2.30. The average molecular weight is 518 g/mol. The van der Waals surface area contributed by atoms with Crippen molar-refractivity contribution in [3.8, 4) is 22.6 Å². The number of hydrogen-bond acceptors (Lipinski definition) is 8. The number of aliphatic hydroxyl groups excluding tert-OH is 1. The van der Waals surface area contributed by atoms with Gasteiger partial charge in [0.25, 0.3) is 6.43 Å². The molecule has 188 valence electrons. The zero-order valence-corrected chi connectivity index (χ0v) is 18.6. The average Bonchev–Trinajstić information content (AvgIpc) is 3.38. The van der Waals surface area contributed by atoms with Crippen LogP contribution >= 0.6 is 7.82 Å². The highest BCUT2D eigenvalue weighted by molar-refractivity contribution is 7.45. The van der Waals surface area contributed by atoms with Gasteiger partial charge < -0.3 is 24.5 Å². The van der Waals surface area contributed by atoms with Gasteiger partial charge in [0.15, 0.2) is 12.2 Å². The van der Waals surface area contributed by atoms with E-state index in [2.05, 4.69) is 20.4 Å². The number of pyridine rings is 1. The molecule has 0 radical (unpaired) electrons. The molecule has 1 fully saturated rings. The van der Waals surface area contributed by atoms with Gasteiger partial charge in [-0.3, -0.25) is 9.88 Å². The fraction of sp³-hybridized carbons (Fsp3) is 0.278. The number of phosphoric acid groups is 1. The summed E-state index contributed by atoms with van der Waals surface area (Å²) in [6.07, 6.45) is -6.06. The Morgan fingerprint density at radius 2 is 1.89 bits per heavy atom. The van der Waals surface area contributed by atoms with Crippen LogP contribution in [0.4, 0.5) is 23.7 Å². The van der Waals surface area contributed by atoms with E-state index in [1.54, 1.807) is 19.2 Å². The number of aliphatic hydroxyl groups is 1. The van der Waals surface area contributed by atoms with Crippen LogP contribution in [-0.2, 0) is 16.3 Å². The molecule has 3 heterocycles. The fourth-order valence-corrected chi connectivity index (χ4v) is 3.01. The van der Waals surface area contributed by atoms with Crippen LogP contribution in [0.15, 0.2) is 36.5 Å². The maximum absolute atomic E-state index is 14.7. The van der Waals surface area contributed by atoms with Gasteiger partial charge in [-0.15, -0.1) is 10.2 Å². The topological polar surface area (TPSA) is 184 Å².